The predicted molar refractivity (Wildman–Crippen MR) is 138 cm³/mol. The van der Waals surface area contributed by atoms with Crippen molar-refractivity contribution in [2.75, 3.05) is 19.8 Å². The lowest BCUT2D eigenvalue weighted by Crippen LogP contribution is -2.70. The van der Waals surface area contributed by atoms with Crippen molar-refractivity contribution in [1.82, 2.24) is 0 Å². The van der Waals surface area contributed by atoms with Crippen molar-refractivity contribution in [2.24, 2.45) is 0 Å². The lowest BCUT2D eigenvalue weighted by atomic mass is 9.75. The van der Waals surface area contributed by atoms with Gasteiger partial charge in [-0.2, -0.15) is 0 Å². The summed E-state index contributed by atoms with van der Waals surface area (Å²) in [7, 11) is 0. The Morgan fingerprint density at radius 1 is 1.13 bits per heavy atom. The van der Waals surface area contributed by atoms with Gasteiger partial charge < -0.3 is 39.4 Å². The molecule has 2 aromatic rings. The molecule has 208 valence electrons. The van der Waals surface area contributed by atoms with E-state index in [1.807, 2.05) is 24.3 Å². The van der Waals surface area contributed by atoms with Gasteiger partial charge in [0.15, 0.2) is 5.60 Å². The van der Waals surface area contributed by atoms with E-state index >= 15 is 0 Å². The minimum atomic E-state index is -1.79. The van der Waals surface area contributed by atoms with Crippen LogP contribution in [0.15, 0.2) is 42.5 Å². The number of carbonyl (C=O) groups is 1. The SMILES string of the molecule is CCOC(=O)CCCOc1ccc(Cc2cc([C@]34OC[C@](C(C)(C)O)(O3)[C@@H](O)[C@H](O)[C@H]4O)ccc2Cl)cc1. The number of rotatable bonds is 10. The third kappa shape index (κ3) is 5.29. The van der Waals surface area contributed by atoms with E-state index in [-0.39, 0.29) is 12.6 Å². The van der Waals surface area contributed by atoms with E-state index in [1.54, 1.807) is 25.1 Å². The average molecular weight is 551 g/mol. The summed E-state index contributed by atoms with van der Waals surface area (Å²) in [6.07, 6.45) is -3.47. The Kier molecular flexibility index (Phi) is 8.40. The van der Waals surface area contributed by atoms with Crippen LogP contribution in [0.5, 0.6) is 5.75 Å². The van der Waals surface area contributed by atoms with Crippen LogP contribution >= 0.6 is 11.6 Å². The van der Waals surface area contributed by atoms with Crippen LogP contribution in [0.3, 0.4) is 0 Å². The second-order valence-electron chi connectivity index (χ2n) is 10.3. The van der Waals surface area contributed by atoms with Crippen molar-refractivity contribution in [3.63, 3.8) is 0 Å². The molecule has 0 amide bonds. The van der Waals surface area contributed by atoms with E-state index < -0.39 is 35.3 Å². The summed E-state index contributed by atoms with van der Waals surface area (Å²) in [5.41, 5.74) is -1.14. The minimum absolute atomic E-state index is 0.231. The number of esters is 1. The van der Waals surface area contributed by atoms with Crippen molar-refractivity contribution < 1.29 is 44.2 Å². The highest BCUT2D eigenvalue weighted by Gasteiger charge is 2.71. The van der Waals surface area contributed by atoms with Crippen molar-refractivity contribution in [3.8, 4) is 5.75 Å². The molecule has 4 N–H and O–H groups in total. The zero-order valence-electron chi connectivity index (χ0n) is 21.7. The molecule has 0 radical (unpaired) electrons. The summed E-state index contributed by atoms with van der Waals surface area (Å²) < 4.78 is 22.7. The van der Waals surface area contributed by atoms with Crippen LogP contribution in [-0.2, 0) is 31.2 Å². The molecule has 2 aromatic carbocycles. The summed E-state index contributed by atoms with van der Waals surface area (Å²) in [5.74, 6) is -1.36. The molecule has 0 aliphatic carbocycles. The second-order valence-corrected chi connectivity index (χ2v) is 10.7. The Labute approximate surface area is 226 Å². The lowest BCUT2D eigenvalue weighted by molar-refractivity contribution is -0.348. The Morgan fingerprint density at radius 3 is 2.50 bits per heavy atom. The number of hydrogen-bond acceptors (Lipinski definition) is 9. The number of halogens is 1. The first kappa shape index (κ1) is 28.8. The Bertz CT molecular complexity index is 1130. The maximum absolute atomic E-state index is 11.4. The van der Waals surface area contributed by atoms with E-state index in [4.69, 9.17) is 30.5 Å². The first-order valence-corrected chi connectivity index (χ1v) is 13.1. The fourth-order valence-corrected chi connectivity index (χ4v) is 5.16. The number of carbonyl (C=O) groups excluding carboxylic acids is 1. The third-order valence-electron chi connectivity index (χ3n) is 7.25. The highest BCUT2D eigenvalue weighted by Crippen LogP contribution is 2.53. The highest BCUT2D eigenvalue weighted by molar-refractivity contribution is 6.31. The monoisotopic (exact) mass is 550 g/mol. The maximum atomic E-state index is 11.4. The molecule has 2 fully saturated rings. The van der Waals surface area contributed by atoms with Gasteiger partial charge in [-0.25, -0.2) is 0 Å². The van der Waals surface area contributed by atoms with Gasteiger partial charge in [-0.15, -0.1) is 0 Å². The molecule has 0 spiro atoms. The quantitative estimate of drug-likeness (QED) is 0.260. The van der Waals surface area contributed by atoms with Gasteiger partial charge in [0.05, 0.1) is 25.4 Å². The van der Waals surface area contributed by atoms with Crippen LogP contribution in [0.1, 0.15) is 50.3 Å². The van der Waals surface area contributed by atoms with Crippen LogP contribution in [0, 0.1) is 0 Å². The molecule has 5 atom stereocenters. The van der Waals surface area contributed by atoms with Crippen LogP contribution in [0.2, 0.25) is 5.02 Å². The molecular weight excluding hydrogens is 516 g/mol. The van der Waals surface area contributed by atoms with E-state index in [1.165, 1.54) is 13.8 Å². The van der Waals surface area contributed by atoms with Gasteiger partial charge in [-0.1, -0.05) is 29.8 Å². The molecule has 4 rings (SSSR count). The molecule has 2 bridgehead atoms. The van der Waals surface area contributed by atoms with E-state index in [0.717, 1.165) is 11.1 Å². The van der Waals surface area contributed by atoms with Gasteiger partial charge in [-0.05, 0) is 69.0 Å². The maximum Gasteiger partial charge on any atom is 0.305 e. The van der Waals surface area contributed by atoms with Crippen molar-refractivity contribution in [2.45, 2.75) is 75.3 Å². The van der Waals surface area contributed by atoms with Crippen molar-refractivity contribution >= 4 is 17.6 Å². The fraction of sp³-hybridized carbons (Fsp3) is 0.536. The zero-order valence-corrected chi connectivity index (χ0v) is 22.5. The molecule has 0 saturated carbocycles. The minimum Gasteiger partial charge on any atom is -0.494 e. The van der Waals surface area contributed by atoms with Gasteiger partial charge >= 0.3 is 5.97 Å². The largest absolute Gasteiger partial charge is 0.494 e. The summed E-state index contributed by atoms with van der Waals surface area (Å²) in [5, 5.41) is 43.5. The van der Waals surface area contributed by atoms with Gasteiger partial charge in [0.25, 0.3) is 0 Å². The normalized spacial score (nSPS) is 28.8. The molecular formula is C28H35ClO9. The molecule has 9 nitrogen and oxygen atoms in total. The van der Waals surface area contributed by atoms with Gasteiger partial charge in [0.2, 0.25) is 5.79 Å². The fourth-order valence-electron chi connectivity index (χ4n) is 4.98. The first-order valence-electron chi connectivity index (χ1n) is 12.7. The number of aliphatic hydroxyl groups excluding tert-OH is 3. The summed E-state index contributed by atoms with van der Waals surface area (Å²) >= 11 is 6.50. The number of fused-ring (bicyclic) bond motifs is 2. The van der Waals surface area contributed by atoms with Crippen LogP contribution in [0.4, 0.5) is 0 Å². The average Bonchev–Trinajstić information content (AvgIpc) is 3.28. The predicted octanol–water partition coefficient (Wildman–Crippen LogP) is 2.46. The Hall–Kier alpha value is -2.24. The summed E-state index contributed by atoms with van der Waals surface area (Å²) in [4.78, 5) is 11.4. The zero-order chi connectivity index (χ0) is 27.7. The number of hydrogen-bond donors (Lipinski definition) is 4. The molecule has 10 heteroatoms. The number of ether oxygens (including phenoxy) is 4. The van der Waals surface area contributed by atoms with Crippen molar-refractivity contribution in [1.29, 1.82) is 0 Å². The number of aliphatic hydroxyl groups is 4. The van der Waals surface area contributed by atoms with Gasteiger partial charge in [-0.3, -0.25) is 4.79 Å². The van der Waals surface area contributed by atoms with Gasteiger partial charge in [0.1, 0.15) is 24.1 Å². The summed E-state index contributed by atoms with van der Waals surface area (Å²) in [6, 6.07) is 12.5. The molecule has 0 unspecified atom stereocenters. The first-order chi connectivity index (χ1) is 17.9. The van der Waals surface area contributed by atoms with Crippen molar-refractivity contribution in [3.05, 3.63) is 64.2 Å². The molecule has 2 heterocycles. The molecule has 2 aliphatic rings. The highest BCUT2D eigenvalue weighted by atomic mass is 35.5. The molecule has 38 heavy (non-hydrogen) atoms. The smallest absolute Gasteiger partial charge is 0.305 e. The molecule has 0 aromatic heterocycles. The standard InChI is InChI=1S/C28H35ClO9/c1-4-35-22(30)6-5-13-36-20-10-7-17(8-11-20)14-18-15-19(9-12-21(18)29)28-25(33)23(31)24(32)27(38-28,16-37-28)26(2,3)34/h7-12,15,23-25,31-34H,4-6,13-14,16H2,1-3H3/t23-,24-,25+,27-,28-/m0/s1. The van der Waals surface area contributed by atoms with E-state index in [2.05, 4.69) is 0 Å². The lowest BCUT2D eigenvalue weighted by Gasteiger charge is -2.50. The summed E-state index contributed by atoms with van der Waals surface area (Å²) in [6.45, 7) is 5.21. The van der Waals surface area contributed by atoms with E-state index in [0.29, 0.717) is 48.8 Å². The number of benzene rings is 2. The topological polar surface area (TPSA) is 135 Å². The third-order valence-corrected chi connectivity index (χ3v) is 7.62. The van der Waals surface area contributed by atoms with Crippen LogP contribution in [0.25, 0.3) is 0 Å². The Morgan fingerprint density at radius 2 is 1.84 bits per heavy atom. The molecule has 2 saturated heterocycles. The Balaban J connectivity index is 1.49. The van der Waals surface area contributed by atoms with E-state index in [9.17, 15) is 25.2 Å². The molecule has 2 aliphatic heterocycles. The second kappa shape index (κ2) is 11.1. The van der Waals surface area contributed by atoms with Crippen LogP contribution in [-0.4, -0.2) is 75.7 Å². The van der Waals surface area contributed by atoms with Crippen LogP contribution < -0.4 is 4.74 Å². The van der Waals surface area contributed by atoms with Gasteiger partial charge in [0, 0.05) is 17.0 Å².